The summed E-state index contributed by atoms with van der Waals surface area (Å²) in [5.41, 5.74) is 0.176. The van der Waals surface area contributed by atoms with Crippen LogP contribution in [0.4, 0.5) is 0 Å². The van der Waals surface area contributed by atoms with Crippen molar-refractivity contribution in [2.45, 2.75) is 44.8 Å². The number of hydrogen-bond donors (Lipinski definition) is 3. The fourth-order valence-corrected chi connectivity index (χ4v) is 1.92. The summed E-state index contributed by atoms with van der Waals surface area (Å²) in [7, 11) is 0. The SMILES string of the molecule is CC(C)(O)[C@H]1CC=C(CCO)[C@H](O)C1. The largest absolute Gasteiger partial charge is 0.396 e. The Labute approximate surface area is 85.1 Å². The molecule has 1 aliphatic carbocycles. The topological polar surface area (TPSA) is 60.7 Å². The molecule has 0 saturated heterocycles. The van der Waals surface area contributed by atoms with E-state index in [4.69, 9.17) is 5.11 Å². The Hall–Kier alpha value is -0.380. The highest BCUT2D eigenvalue weighted by molar-refractivity contribution is 5.13. The summed E-state index contributed by atoms with van der Waals surface area (Å²) in [6.07, 6.45) is 3.38. The highest BCUT2D eigenvalue weighted by atomic mass is 16.3. The van der Waals surface area contributed by atoms with E-state index in [1.165, 1.54) is 0 Å². The van der Waals surface area contributed by atoms with Gasteiger partial charge in [-0.05, 0) is 44.6 Å². The van der Waals surface area contributed by atoms with E-state index >= 15 is 0 Å². The van der Waals surface area contributed by atoms with E-state index in [9.17, 15) is 10.2 Å². The van der Waals surface area contributed by atoms with Crippen LogP contribution in [0.15, 0.2) is 11.6 Å². The Morgan fingerprint density at radius 2 is 2.14 bits per heavy atom. The number of hydrogen-bond acceptors (Lipinski definition) is 3. The van der Waals surface area contributed by atoms with Crippen LogP contribution in [0.3, 0.4) is 0 Å². The number of aliphatic hydroxyl groups is 3. The van der Waals surface area contributed by atoms with Crippen molar-refractivity contribution >= 4 is 0 Å². The molecule has 0 bridgehead atoms. The van der Waals surface area contributed by atoms with Gasteiger partial charge in [-0.1, -0.05) is 6.08 Å². The molecule has 0 spiro atoms. The third-order valence-electron chi connectivity index (χ3n) is 3.00. The molecule has 0 aromatic carbocycles. The van der Waals surface area contributed by atoms with Gasteiger partial charge in [-0.2, -0.15) is 0 Å². The second-order valence-electron chi connectivity index (χ2n) is 4.59. The lowest BCUT2D eigenvalue weighted by Crippen LogP contribution is -2.36. The van der Waals surface area contributed by atoms with Gasteiger partial charge in [0.2, 0.25) is 0 Å². The molecular weight excluding hydrogens is 180 g/mol. The Bertz CT molecular complexity index is 215. The van der Waals surface area contributed by atoms with Crippen molar-refractivity contribution < 1.29 is 15.3 Å². The lowest BCUT2D eigenvalue weighted by molar-refractivity contribution is -0.00635. The van der Waals surface area contributed by atoms with E-state index in [1.807, 2.05) is 6.08 Å². The van der Waals surface area contributed by atoms with Crippen molar-refractivity contribution in [1.82, 2.24) is 0 Å². The molecule has 0 radical (unpaired) electrons. The summed E-state index contributed by atoms with van der Waals surface area (Å²) in [6.45, 7) is 3.63. The van der Waals surface area contributed by atoms with E-state index in [0.717, 1.165) is 12.0 Å². The van der Waals surface area contributed by atoms with Crippen LogP contribution in [-0.4, -0.2) is 33.6 Å². The van der Waals surface area contributed by atoms with Crippen molar-refractivity contribution in [3.8, 4) is 0 Å². The lowest BCUT2D eigenvalue weighted by atomic mass is 9.78. The fourth-order valence-electron chi connectivity index (χ4n) is 1.92. The van der Waals surface area contributed by atoms with Gasteiger partial charge in [0.1, 0.15) is 0 Å². The number of rotatable bonds is 3. The van der Waals surface area contributed by atoms with Crippen molar-refractivity contribution in [1.29, 1.82) is 0 Å². The molecule has 2 atom stereocenters. The first kappa shape index (κ1) is 11.7. The first-order valence-corrected chi connectivity index (χ1v) is 5.15. The molecule has 3 nitrogen and oxygen atoms in total. The quantitative estimate of drug-likeness (QED) is 0.592. The minimum atomic E-state index is -0.734. The van der Waals surface area contributed by atoms with E-state index in [0.29, 0.717) is 12.8 Å². The Morgan fingerprint density at radius 1 is 1.50 bits per heavy atom. The van der Waals surface area contributed by atoms with Gasteiger partial charge in [0, 0.05) is 6.61 Å². The first-order chi connectivity index (χ1) is 6.45. The number of allylic oxidation sites excluding steroid dienone is 1. The average Bonchev–Trinajstić information content (AvgIpc) is 2.07. The normalized spacial score (nSPS) is 28.8. The molecule has 82 valence electrons. The fraction of sp³-hybridized carbons (Fsp3) is 0.818. The molecule has 14 heavy (non-hydrogen) atoms. The Balaban J connectivity index is 2.62. The maximum atomic E-state index is 9.79. The number of aliphatic hydroxyl groups excluding tert-OH is 2. The molecule has 0 heterocycles. The van der Waals surface area contributed by atoms with Crippen LogP contribution in [0.5, 0.6) is 0 Å². The molecule has 0 aromatic heterocycles. The molecule has 3 heteroatoms. The molecule has 0 saturated carbocycles. The van der Waals surface area contributed by atoms with E-state index < -0.39 is 11.7 Å². The molecule has 0 aliphatic heterocycles. The van der Waals surface area contributed by atoms with Crippen LogP contribution in [0.1, 0.15) is 33.1 Å². The van der Waals surface area contributed by atoms with Crippen molar-refractivity contribution in [3.05, 3.63) is 11.6 Å². The molecule has 0 aromatic rings. The second kappa shape index (κ2) is 4.43. The summed E-state index contributed by atoms with van der Waals surface area (Å²) in [5.74, 6) is 0.111. The molecule has 0 unspecified atom stereocenters. The van der Waals surface area contributed by atoms with Gasteiger partial charge in [-0.25, -0.2) is 0 Å². The van der Waals surface area contributed by atoms with E-state index in [2.05, 4.69) is 0 Å². The van der Waals surface area contributed by atoms with Gasteiger partial charge in [0.15, 0.2) is 0 Å². The Morgan fingerprint density at radius 3 is 2.57 bits per heavy atom. The summed E-state index contributed by atoms with van der Waals surface area (Å²) < 4.78 is 0. The Kier molecular flexibility index (Phi) is 3.70. The van der Waals surface area contributed by atoms with Gasteiger partial charge < -0.3 is 15.3 Å². The van der Waals surface area contributed by atoms with Crippen molar-refractivity contribution in [2.75, 3.05) is 6.61 Å². The van der Waals surface area contributed by atoms with Crippen molar-refractivity contribution in [3.63, 3.8) is 0 Å². The maximum absolute atomic E-state index is 9.79. The smallest absolute Gasteiger partial charge is 0.0754 e. The highest BCUT2D eigenvalue weighted by Crippen LogP contribution is 2.32. The third-order valence-corrected chi connectivity index (χ3v) is 3.00. The van der Waals surface area contributed by atoms with Crippen LogP contribution in [-0.2, 0) is 0 Å². The predicted molar refractivity (Wildman–Crippen MR) is 54.8 cm³/mol. The molecule has 0 fully saturated rings. The van der Waals surface area contributed by atoms with Crippen molar-refractivity contribution in [2.24, 2.45) is 5.92 Å². The lowest BCUT2D eigenvalue weighted by Gasteiger charge is -2.34. The van der Waals surface area contributed by atoms with Crippen LogP contribution in [0.2, 0.25) is 0 Å². The van der Waals surface area contributed by atoms with Gasteiger partial charge >= 0.3 is 0 Å². The average molecular weight is 200 g/mol. The molecule has 0 amide bonds. The zero-order valence-electron chi connectivity index (χ0n) is 8.90. The zero-order valence-corrected chi connectivity index (χ0v) is 8.90. The van der Waals surface area contributed by atoms with Gasteiger partial charge in [0.25, 0.3) is 0 Å². The van der Waals surface area contributed by atoms with Crippen LogP contribution in [0.25, 0.3) is 0 Å². The van der Waals surface area contributed by atoms with Gasteiger partial charge in [-0.3, -0.25) is 0 Å². The van der Waals surface area contributed by atoms with E-state index in [-0.39, 0.29) is 12.5 Å². The maximum Gasteiger partial charge on any atom is 0.0754 e. The second-order valence-corrected chi connectivity index (χ2v) is 4.59. The van der Waals surface area contributed by atoms with Crippen LogP contribution in [0, 0.1) is 5.92 Å². The van der Waals surface area contributed by atoms with Gasteiger partial charge in [0.05, 0.1) is 11.7 Å². The molecule has 1 rings (SSSR count). The summed E-state index contributed by atoms with van der Waals surface area (Å²) in [5, 5.41) is 28.3. The standard InChI is InChI=1S/C11H20O3/c1-11(2,14)9-4-3-8(5-6-12)10(13)7-9/h3,9-10,12-14H,4-7H2,1-2H3/t9-,10+/m0/s1. The summed E-state index contributed by atoms with van der Waals surface area (Å²) in [6, 6.07) is 0. The van der Waals surface area contributed by atoms with Crippen LogP contribution < -0.4 is 0 Å². The summed E-state index contributed by atoms with van der Waals surface area (Å²) in [4.78, 5) is 0. The van der Waals surface area contributed by atoms with E-state index in [1.54, 1.807) is 13.8 Å². The minimum Gasteiger partial charge on any atom is -0.396 e. The molecular formula is C11H20O3. The minimum absolute atomic E-state index is 0.0794. The molecule has 3 N–H and O–H groups in total. The van der Waals surface area contributed by atoms with Crippen LogP contribution >= 0.6 is 0 Å². The third kappa shape index (κ3) is 2.80. The monoisotopic (exact) mass is 200 g/mol. The highest BCUT2D eigenvalue weighted by Gasteiger charge is 2.31. The molecule has 1 aliphatic rings. The van der Waals surface area contributed by atoms with Gasteiger partial charge in [-0.15, -0.1) is 0 Å². The predicted octanol–water partition coefficient (Wildman–Crippen LogP) is 0.837. The zero-order chi connectivity index (χ0) is 10.8. The summed E-state index contributed by atoms with van der Waals surface area (Å²) >= 11 is 0. The first-order valence-electron chi connectivity index (χ1n) is 5.15.